The summed E-state index contributed by atoms with van der Waals surface area (Å²) in [4.78, 5) is 0. The summed E-state index contributed by atoms with van der Waals surface area (Å²) >= 11 is 0. The second-order valence-electron chi connectivity index (χ2n) is 15.0. The molecule has 0 heteroatoms. The molecule has 9 fully saturated rings. The van der Waals surface area contributed by atoms with Gasteiger partial charge in [0, 0.05) is 0 Å². The van der Waals surface area contributed by atoms with Crippen LogP contribution >= 0.6 is 0 Å². The molecular weight excluding hydrogens is 372 g/mol. The van der Waals surface area contributed by atoms with E-state index < -0.39 is 0 Å². The molecular formula is C31H46. The zero-order valence-corrected chi connectivity index (χ0v) is 19.9. The second kappa shape index (κ2) is 6.16. The third-order valence-corrected chi connectivity index (χ3v) is 14.8. The van der Waals surface area contributed by atoms with E-state index in [1.165, 1.54) is 82.9 Å². The lowest BCUT2D eigenvalue weighted by Gasteiger charge is -2.60. The minimum atomic E-state index is 0.868. The van der Waals surface area contributed by atoms with Crippen molar-refractivity contribution in [1.29, 1.82) is 0 Å². The summed E-state index contributed by atoms with van der Waals surface area (Å²) in [7, 11) is 0. The van der Waals surface area contributed by atoms with Gasteiger partial charge < -0.3 is 0 Å². The van der Waals surface area contributed by atoms with Crippen LogP contribution in [0.4, 0.5) is 0 Å². The third kappa shape index (κ3) is 2.05. The molecule has 0 nitrogen and oxygen atoms in total. The van der Waals surface area contributed by atoms with Crippen molar-refractivity contribution in [3.05, 3.63) is 0 Å². The molecule has 31 heavy (non-hydrogen) atoms. The Balaban J connectivity index is 1.22. The van der Waals surface area contributed by atoms with Crippen LogP contribution in [0.15, 0.2) is 0 Å². The van der Waals surface area contributed by atoms with E-state index in [1.807, 2.05) is 0 Å². The molecule has 0 N–H and O–H groups in total. The first-order valence-corrected chi connectivity index (χ1v) is 15.3. The lowest BCUT2D eigenvalue weighted by Crippen LogP contribution is -2.54. The van der Waals surface area contributed by atoms with Crippen molar-refractivity contribution in [2.24, 2.45) is 88.3 Å². The fourth-order valence-corrected chi connectivity index (χ4v) is 15.1. The Labute approximate surface area is 191 Å². The molecule has 0 aromatic carbocycles. The zero-order valence-electron chi connectivity index (χ0n) is 19.9. The first kappa shape index (κ1) is 18.3. The Bertz CT molecular complexity index is 768. The van der Waals surface area contributed by atoms with Crippen molar-refractivity contribution < 1.29 is 0 Å². The van der Waals surface area contributed by atoms with Crippen molar-refractivity contribution >= 4 is 0 Å². The molecule has 9 aliphatic carbocycles. The summed E-state index contributed by atoms with van der Waals surface area (Å²) in [6.45, 7) is 0. The molecule has 9 saturated carbocycles. The van der Waals surface area contributed by atoms with Crippen LogP contribution in [0, 0.1) is 88.3 Å². The van der Waals surface area contributed by atoms with E-state index in [2.05, 4.69) is 0 Å². The molecule has 0 bridgehead atoms. The first-order chi connectivity index (χ1) is 15.3. The van der Waals surface area contributed by atoms with Crippen LogP contribution in [0.1, 0.15) is 103 Å². The molecule has 0 aliphatic heterocycles. The molecule has 0 radical (unpaired) electrons. The summed E-state index contributed by atoms with van der Waals surface area (Å²) in [6.07, 6.45) is 26.4. The monoisotopic (exact) mass is 418 g/mol. The summed E-state index contributed by atoms with van der Waals surface area (Å²) < 4.78 is 0. The fourth-order valence-electron chi connectivity index (χ4n) is 15.1. The minimum Gasteiger partial charge on any atom is -0.0530 e. The lowest BCUT2D eigenvalue weighted by molar-refractivity contribution is -0.119. The van der Waals surface area contributed by atoms with Crippen molar-refractivity contribution in [1.82, 2.24) is 0 Å². The van der Waals surface area contributed by atoms with E-state index in [4.69, 9.17) is 0 Å². The Hall–Kier alpha value is 0. The average Bonchev–Trinajstić information content (AvgIpc) is 3.50. The number of fused-ring (bicyclic) bond motifs is 6. The molecule has 0 aromatic heterocycles. The SMILES string of the molecule is C1CCC2C(C1)CC1CC3C4CCCC5CC6CCC7CCCC8CC(C54)(C6C78)C3C12. The predicted octanol–water partition coefficient (Wildman–Crippen LogP) is 7.96. The first-order valence-electron chi connectivity index (χ1n) is 15.3. The average molecular weight is 419 g/mol. The van der Waals surface area contributed by atoms with E-state index in [1.54, 1.807) is 103 Å². The molecule has 0 heterocycles. The normalized spacial score (nSPS) is 67.4. The molecule has 170 valence electrons. The maximum absolute atomic E-state index is 1.76. The van der Waals surface area contributed by atoms with Gasteiger partial charge in [0.1, 0.15) is 0 Å². The van der Waals surface area contributed by atoms with Crippen LogP contribution in [0.25, 0.3) is 0 Å². The summed E-state index contributed by atoms with van der Waals surface area (Å²) in [5.74, 6) is 16.7. The third-order valence-electron chi connectivity index (χ3n) is 14.8. The maximum Gasteiger partial charge on any atom is -0.0193 e. The molecule has 1 spiro atoms. The predicted molar refractivity (Wildman–Crippen MR) is 125 cm³/mol. The Morgan fingerprint density at radius 2 is 1.10 bits per heavy atom. The molecule has 9 aliphatic rings. The van der Waals surface area contributed by atoms with Crippen molar-refractivity contribution in [3.63, 3.8) is 0 Å². The largest absolute Gasteiger partial charge is 0.0530 e. The molecule has 15 atom stereocenters. The minimum absolute atomic E-state index is 0.868. The van der Waals surface area contributed by atoms with Gasteiger partial charge >= 0.3 is 0 Å². The van der Waals surface area contributed by atoms with Gasteiger partial charge in [-0.3, -0.25) is 0 Å². The Morgan fingerprint density at radius 3 is 2.10 bits per heavy atom. The zero-order chi connectivity index (χ0) is 19.9. The topological polar surface area (TPSA) is 0 Å². The van der Waals surface area contributed by atoms with Gasteiger partial charge in [0.2, 0.25) is 0 Å². The van der Waals surface area contributed by atoms with Crippen LogP contribution in [0.2, 0.25) is 0 Å². The summed E-state index contributed by atoms with van der Waals surface area (Å²) in [5.41, 5.74) is 0.868. The second-order valence-corrected chi connectivity index (χ2v) is 15.0. The van der Waals surface area contributed by atoms with Crippen molar-refractivity contribution in [3.8, 4) is 0 Å². The smallest absolute Gasteiger partial charge is 0.0193 e. The van der Waals surface area contributed by atoms with Gasteiger partial charge in [-0.05, 0) is 140 Å². The van der Waals surface area contributed by atoms with E-state index in [-0.39, 0.29) is 0 Å². The highest BCUT2D eigenvalue weighted by molar-refractivity contribution is 5.25. The molecule has 0 saturated heterocycles. The number of hydrogen-bond donors (Lipinski definition) is 0. The highest BCUT2D eigenvalue weighted by Gasteiger charge is 2.77. The van der Waals surface area contributed by atoms with E-state index >= 15 is 0 Å². The maximum atomic E-state index is 1.76. The van der Waals surface area contributed by atoms with Gasteiger partial charge in [0.25, 0.3) is 0 Å². The van der Waals surface area contributed by atoms with Gasteiger partial charge in [0.05, 0.1) is 0 Å². The van der Waals surface area contributed by atoms with Gasteiger partial charge in [-0.15, -0.1) is 0 Å². The summed E-state index contributed by atoms with van der Waals surface area (Å²) in [5, 5.41) is 0. The molecule has 0 amide bonds. The standard InChI is InChI=1S/C31H46/c1-2-9-23-18(5-1)13-22-15-25-24-10-4-7-19-14-20-12-11-17-6-3-8-21-16-31(28(19)24,29(20)26(17)21)30(25)27(22)23/h17-30H,1-16H2. The van der Waals surface area contributed by atoms with E-state index in [0.29, 0.717) is 0 Å². The van der Waals surface area contributed by atoms with Crippen molar-refractivity contribution in [2.45, 2.75) is 103 Å². The van der Waals surface area contributed by atoms with Gasteiger partial charge in [-0.25, -0.2) is 0 Å². The van der Waals surface area contributed by atoms with Crippen LogP contribution < -0.4 is 0 Å². The van der Waals surface area contributed by atoms with Crippen LogP contribution in [0.5, 0.6) is 0 Å². The van der Waals surface area contributed by atoms with Crippen LogP contribution in [0.3, 0.4) is 0 Å². The summed E-state index contributed by atoms with van der Waals surface area (Å²) in [6, 6.07) is 0. The van der Waals surface area contributed by atoms with E-state index in [9.17, 15) is 0 Å². The molecule has 15 unspecified atom stereocenters. The van der Waals surface area contributed by atoms with Gasteiger partial charge in [-0.2, -0.15) is 0 Å². The Morgan fingerprint density at radius 1 is 0.387 bits per heavy atom. The van der Waals surface area contributed by atoms with Crippen LogP contribution in [-0.2, 0) is 0 Å². The van der Waals surface area contributed by atoms with Gasteiger partial charge in [0.15, 0.2) is 0 Å². The highest BCUT2D eigenvalue weighted by atomic mass is 14.8. The Kier molecular flexibility index (Phi) is 3.64. The fraction of sp³-hybridized carbons (Fsp3) is 1.00. The van der Waals surface area contributed by atoms with Crippen LogP contribution in [-0.4, -0.2) is 0 Å². The van der Waals surface area contributed by atoms with Gasteiger partial charge in [-0.1, -0.05) is 51.4 Å². The quantitative estimate of drug-likeness (QED) is 0.374. The number of rotatable bonds is 0. The lowest BCUT2D eigenvalue weighted by atomic mass is 9.45. The van der Waals surface area contributed by atoms with Crippen molar-refractivity contribution in [2.75, 3.05) is 0 Å². The molecule has 0 aromatic rings. The number of hydrogen-bond acceptors (Lipinski definition) is 0. The van der Waals surface area contributed by atoms with E-state index in [0.717, 1.165) is 5.41 Å². The highest BCUT2D eigenvalue weighted by Crippen LogP contribution is 2.83. The molecule has 9 rings (SSSR count).